The van der Waals surface area contributed by atoms with Crippen molar-refractivity contribution in [2.45, 2.75) is 38.7 Å². The normalized spacial score (nSPS) is 16.6. The second-order valence-corrected chi connectivity index (χ2v) is 6.02. The topological polar surface area (TPSA) is 9.23 Å². The van der Waals surface area contributed by atoms with Gasteiger partial charge < -0.3 is 4.74 Å². The van der Waals surface area contributed by atoms with Crippen LogP contribution in [0.3, 0.4) is 0 Å². The maximum Gasteiger partial charge on any atom is 0.123 e. The van der Waals surface area contributed by atoms with Crippen molar-refractivity contribution in [1.29, 1.82) is 0 Å². The van der Waals surface area contributed by atoms with E-state index in [1.807, 2.05) is 6.07 Å². The van der Waals surface area contributed by atoms with Gasteiger partial charge in [-0.05, 0) is 54.9 Å². The number of ether oxygens (including phenoxy) is 1. The summed E-state index contributed by atoms with van der Waals surface area (Å²) in [5.74, 6) is 1.07. The van der Waals surface area contributed by atoms with Gasteiger partial charge in [-0.3, -0.25) is 0 Å². The van der Waals surface area contributed by atoms with Crippen molar-refractivity contribution in [3.8, 4) is 5.75 Å². The minimum atomic E-state index is 0.655. The van der Waals surface area contributed by atoms with E-state index >= 15 is 0 Å². The van der Waals surface area contributed by atoms with Crippen molar-refractivity contribution in [1.82, 2.24) is 0 Å². The van der Waals surface area contributed by atoms with E-state index in [1.54, 1.807) is 11.1 Å². The van der Waals surface area contributed by atoms with Crippen LogP contribution < -0.4 is 4.74 Å². The Labute approximate surface area is 126 Å². The van der Waals surface area contributed by atoms with Gasteiger partial charge in [-0.1, -0.05) is 48.0 Å². The highest BCUT2D eigenvalue weighted by molar-refractivity contribution is 5.78. The average Bonchev–Trinajstić information content (AvgIpc) is 2.93. The summed E-state index contributed by atoms with van der Waals surface area (Å²) in [6.07, 6.45) is 6.34. The third-order valence-corrected chi connectivity index (χ3v) is 4.67. The van der Waals surface area contributed by atoms with Crippen molar-refractivity contribution in [3.63, 3.8) is 0 Å². The third-order valence-electron chi connectivity index (χ3n) is 4.67. The predicted molar refractivity (Wildman–Crippen MR) is 86.3 cm³/mol. The lowest BCUT2D eigenvalue weighted by Crippen LogP contribution is -1.98. The summed E-state index contributed by atoms with van der Waals surface area (Å²) in [6.45, 7) is 0.655. The maximum absolute atomic E-state index is 6.11. The summed E-state index contributed by atoms with van der Waals surface area (Å²) in [4.78, 5) is 0. The van der Waals surface area contributed by atoms with Crippen LogP contribution in [0.1, 0.15) is 42.4 Å². The molecule has 21 heavy (non-hydrogen) atoms. The van der Waals surface area contributed by atoms with Crippen LogP contribution in [0.2, 0.25) is 0 Å². The van der Waals surface area contributed by atoms with E-state index in [2.05, 4.69) is 42.5 Å². The molecule has 0 bridgehead atoms. The lowest BCUT2D eigenvalue weighted by molar-refractivity contribution is 0.303. The molecule has 0 saturated heterocycles. The first kappa shape index (κ1) is 12.7. The van der Waals surface area contributed by atoms with Gasteiger partial charge in [0.25, 0.3) is 0 Å². The molecule has 2 aliphatic rings. The lowest BCUT2D eigenvalue weighted by Gasteiger charge is -2.14. The Morgan fingerprint density at radius 3 is 2.62 bits per heavy atom. The molecule has 0 radical (unpaired) electrons. The fraction of sp³-hybridized carbons (Fsp3) is 0.300. The van der Waals surface area contributed by atoms with Crippen molar-refractivity contribution in [3.05, 3.63) is 70.8 Å². The number of benzene rings is 2. The van der Waals surface area contributed by atoms with E-state index < -0.39 is 0 Å². The van der Waals surface area contributed by atoms with Gasteiger partial charge in [0.1, 0.15) is 12.4 Å². The average molecular weight is 276 g/mol. The highest BCUT2D eigenvalue weighted by Crippen LogP contribution is 2.44. The summed E-state index contributed by atoms with van der Waals surface area (Å²) in [5, 5.41) is 0. The fourth-order valence-corrected chi connectivity index (χ4v) is 3.60. The number of rotatable bonds is 3. The highest BCUT2D eigenvalue weighted by Gasteiger charge is 2.25. The predicted octanol–water partition coefficient (Wildman–Crippen LogP) is 5.15. The molecule has 0 N–H and O–H groups in total. The summed E-state index contributed by atoms with van der Waals surface area (Å²) in [5.41, 5.74) is 7.37. The lowest BCUT2D eigenvalue weighted by atomic mass is 9.92. The van der Waals surface area contributed by atoms with Crippen LogP contribution in [-0.4, -0.2) is 0 Å². The summed E-state index contributed by atoms with van der Waals surface area (Å²) in [7, 11) is 0. The highest BCUT2D eigenvalue weighted by atomic mass is 16.5. The number of allylic oxidation sites excluding steroid dienone is 2. The second kappa shape index (κ2) is 5.40. The Kier molecular flexibility index (Phi) is 3.27. The monoisotopic (exact) mass is 276 g/mol. The first-order valence-electron chi connectivity index (χ1n) is 7.92. The fourth-order valence-electron chi connectivity index (χ4n) is 3.60. The molecule has 0 unspecified atom stereocenters. The van der Waals surface area contributed by atoms with Crippen molar-refractivity contribution < 1.29 is 4.74 Å². The van der Waals surface area contributed by atoms with E-state index in [1.165, 1.54) is 42.4 Å². The first-order chi connectivity index (χ1) is 10.4. The van der Waals surface area contributed by atoms with Gasteiger partial charge in [-0.15, -0.1) is 0 Å². The molecule has 2 aromatic rings. The van der Waals surface area contributed by atoms with Gasteiger partial charge in [0.15, 0.2) is 0 Å². The van der Waals surface area contributed by atoms with Crippen LogP contribution in [0.25, 0.3) is 5.57 Å². The van der Waals surface area contributed by atoms with Crippen LogP contribution in [0.4, 0.5) is 0 Å². The Morgan fingerprint density at radius 2 is 1.71 bits per heavy atom. The summed E-state index contributed by atoms with van der Waals surface area (Å²) in [6, 6.07) is 17.0. The molecule has 0 spiro atoms. The molecule has 1 heteroatoms. The van der Waals surface area contributed by atoms with Gasteiger partial charge in [0, 0.05) is 5.56 Å². The molecule has 0 heterocycles. The van der Waals surface area contributed by atoms with Crippen molar-refractivity contribution in [2.24, 2.45) is 0 Å². The zero-order valence-corrected chi connectivity index (χ0v) is 12.3. The van der Waals surface area contributed by atoms with Crippen LogP contribution in [0.15, 0.2) is 54.1 Å². The zero-order valence-electron chi connectivity index (χ0n) is 12.3. The first-order valence-corrected chi connectivity index (χ1v) is 7.92. The van der Waals surface area contributed by atoms with E-state index in [0.717, 1.165) is 12.2 Å². The molecule has 0 fully saturated rings. The Bertz CT molecular complexity index is 682. The molecule has 0 amide bonds. The van der Waals surface area contributed by atoms with Crippen molar-refractivity contribution >= 4 is 5.57 Å². The standard InChI is InChI=1S/C20H20O/c1-2-7-15(8-3-1)14-21-20-12-6-11-18-17-10-5-4-9-16(17)13-19(18)20/h1-3,6-8,11-12H,4-5,9-10,13-14H2. The minimum absolute atomic E-state index is 0.655. The van der Waals surface area contributed by atoms with Gasteiger partial charge in [-0.2, -0.15) is 0 Å². The van der Waals surface area contributed by atoms with Gasteiger partial charge in [-0.25, -0.2) is 0 Å². The second-order valence-electron chi connectivity index (χ2n) is 6.02. The van der Waals surface area contributed by atoms with E-state index in [9.17, 15) is 0 Å². The van der Waals surface area contributed by atoms with E-state index in [0.29, 0.717) is 6.61 Å². The van der Waals surface area contributed by atoms with Gasteiger partial charge >= 0.3 is 0 Å². The summed E-state index contributed by atoms with van der Waals surface area (Å²) >= 11 is 0. The van der Waals surface area contributed by atoms with E-state index in [-0.39, 0.29) is 0 Å². The van der Waals surface area contributed by atoms with Crippen molar-refractivity contribution in [2.75, 3.05) is 0 Å². The van der Waals surface area contributed by atoms with Crippen LogP contribution in [0, 0.1) is 0 Å². The van der Waals surface area contributed by atoms with Gasteiger partial charge in [0.05, 0.1) is 0 Å². The zero-order chi connectivity index (χ0) is 14.1. The smallest absolute Gasteiger partial charge is 0.123 e. The molecule has 2 aromatic carbocycles. The Morgan fingerprint density at radius 1 is 0.857 bits per heavy atom. The minimum Gasteiger partial charge on any atom is -0.489 e. The summed E-state index contributed by atoms with van der Waals surface area (Å²) < 4.78 is 6.11. The van der Waals surface area contributed by atoms with Crippen LogP contribution in [0.5, 0.6) is 5.75 Å². The molecule has 106 valence electrons. The van der Waals surface area contributed by atoms with Gasteiger partial charge in [0.2, 0.25) is 0 Å². The maximum atomic E-state index is 6.11. The molecular formula is C20H20O. The van der Waals surface area contributed by atoms with Crippen LogP contribution in [-0.2, 0) is 13.0 Å². The molecule has 0 atom stereocenters. The molecular weight excluding hydrogens is 256 g/mol. The largest absolute Gasteiger partial charge is 0.489 e. The molecule has 0 aliphatic heterocycles. The SMILES string of the molecule is c1ccc(COc2cccc3c2CC2=C3CCCC2)cc1. The van der Waals surface area contributed by atoms with Crippen LogP contribution >= 0.6 is 0 Å². The Balaban J connectivity index is 1.58. The molecule has 1 nitrogen and oxygen atoms in total. The number of fused-ring (bicyclic) bond motifs is 2. The molecule has 0 aromatic heterocycles. The molecule has 0 saturated carbocycles. The molecule has 2 aliphatic carbocycles. The quantitative estimate of drug-likeness (QED) is 0.753. The third kappa shape index (κ3) is 2.37. The molecule has 4 rings (SSSR count). The van der Waals surface area contributed by atoms with E-state index in [4.69, 9.17) is 4.74 Å². The Hall–Kier alpha value is -2.02. The number of hydrogen-bond donors (Lipinski definition) is 0. The number of hydrogen-bond acceptors (Lipinski definition) is 1.